The summed E-state index contributed by atoms with van der Waals surface area (Å²) < 4.78 is 1.27. The van der Waals surface area contributed by atoms with Gasteiger partial charge in [0.1, 0.15) is 0 Å². The number of anilines is 1. The molecule has 1 amide bonds. The maximum Gasteiger partial charge on any atom is 0.257 e. The molecule has 1 fully saturated rings. The summed E-state index contributed by atoms with van der Waals surface area (Å²) in [7, 11) is 0. The van der Waals surface area contributed by atoms with Crippen molar-refractivity contribution in [1.29, 1.82) is 5.26 Å². The third-order valence-electron chi connectivity index (χ3n) is 4.14. The molecule has 1 saturated heterocycles. The van der Waals surface area contributed by atoms with Crippen molar-refractivity contribution in [3.05, 3.63) is 70.8 Å². The molecule has 146 valence electrons. The Kier molecular flexibility index (Phi) is 6.77. The first kappa shape index (κ1) is 20.3. The number of nitrogens with zero attached hydrogens (tertiary/aromatic N) is 3. The number of hydrogen-bond donors (Lipinski definition) is 1. The fourth-order valence-electron chi connectivity index (χ4n) is 2.65. The largest absolute Gasteiger partial charge is 0.296 e. The van der Waals surface area contributed by atoms with Crippen molar-refractivity contribution in [3.63, 3.8) is 0 Å². The molecule has 0 radical (unpaired) electrons. The molecule has 0 bridgehead atoms. The number of rotatable bonds is 6. The summed E-state index contributed by atoms with van der Waals surface area (Å²) in [5.74, 6) is 2.91. The van der Waals surface area contributed by atoms with Gasteiger partial charge < -0.3 is 0 Å². The van der Waals surface area contributed by atoms with Crippen LogP contribution >= 0.6 is 46.6 Å². The summed E-state index contributed by atoms with van der Waals surface area (Å²) in [4.78, 5) is 12.5. The molecule has 5 nitrogen and oxygen atoms in total. The van der Waals surface area contributed by atoms with Crippen molar-refractivity contribution < 1.29 is 4.79 Å². The molecule has 0 unspecified atom stereocenters. The van der Waals surface area contributed by atoms with Gasteiger partial charge in [-0.25, -0.2) is 0 Å². The number of carbonyl (C=O) groups is 1. The Morgan fingerprint density at radius 1 is 1.10 bits per heavy atom. The molecular formula is C20H16N4OS4. The number of amides is 1. The van der Waals surface area contributed by atoms with E-state index >= 15 is 0 Å². The van der Waals surface area contributed by atoms with Crippen LogP contribution in [0.25, 0.3) is 0 Å². The maximum absolute atomic E-state index is 12.5. The minimum atomic E-state index is -0.178. The lowest BCUT2D eigenvalue weighted by Gasteiger charge is -2.08. The molecule has 2 aromatic carbocycles. The van der Waals surface area contributed by atoms with Crippen LogP contribution in [0.5, 0.6) is 0 Å². The van der Waals surface area contributed by atoms with Crippen LogP contribution in [0.1, 0.15) is 31.6 Å². The van der Waals surface area contributed by atoms with Crippen LogP contribution in [0.3, 0.4) is 0 Å². The number of thioether (sulfide) groups is 3. The predicted molar refractivity (Wildman–Crippen MR) is 123 cm³/mol. The maximum atomic E-state index is 12.5. The van der Waals surface area contributed by atoms with Gasteiger partial charge in [-0.1, -0.05) is 47.4 Å². The van der Waals surface area contributed by atoms with E-state index in [2.05, 4.69) is 21.6 Å². The monoisotopic (exact) mass is 456 g/mol. The van der Waals surface area contributed by atoms with E-state index in [0.29, 0.717) is 20.8 Å². The van der Waals surface area contributed by atoms with E-state index < -0.39 is 0 Å². The summed E-state index contributed by atoms with van der Waals surface area (Å²) in [6.07, 6.45) is 0. The van der Waals surface area contributed by atoms with E-state index in [1.54, 1.807) is 23.9 Å². The fraction of sp³-hybridized carbons (Fsp3) is 0.200. The van der Waals surface area contributed by atoms with Crippen LogP contribution in [-0.2, 0) is 5.75 Å². The third kappa shape index (κ3) is 5.34. The fourth-order valence-corrected chi connectivity index (χ4v) is 7.21. The average Bonchev–Trinajstić information content (AvgIpc) is 3.45. The Morgan fingerprint density at radius 2 is 1.83 bits per heavy atom. The second-order valence-corrected chi connectivity index (χ2v) is 11.0. The molecule has 4 rings (SSSR count). The first-order valence-electron chi connectivity index (χ1n) is 8.81. The molecule has 1 N–H and O–H groups in total. The average molecular weight is 457 g/mol. The van der Waals surface area contributed by atoms with Gasteiger partial charge in [0.05, 0.1) is 16.2 Å². The van der Waals surface area contributed by atoms with Gasteiger partial charge in [-0.15, -0.1) is 33.7 Å². The van der Waals surface area contributed by atoms with E-state index in [1.807, 2.05) is 59.9 Å². The molecule has 1 aliphatic rings. The molecule has 9 heteroatoms. The molecular weight excluding hydrogens is 441 g/mol. The van der Waals surface area contributed by atoms with Crippen LogP contribution in [0.15, 0.2) is 52.9 Å². The van der Waals surface area contributed by atoms with Crippen molar-refractivity contribution in [2.24, 2.45) is 0 Å². The second-order valence-electron chi connectivity index (χ2n) is 6.12. The Bertz CT molecular complexity index is 1020. The van der Waals surface area contributed by atoms with Crippen molar-refractivity contribution >= 4 is 57.7 Å². The van der Waals surface area contributed by atoms with Gasteiger partial charge in [0.15, 0.2) is 4.34 Å². The molecule has 2 heterocycles. The van der Waals surface area contributed by atoms with E-state index in [9.17, 15) is 4.79 Å². The third-order valence-corrected chi connectivity index (χ3v) is 9.29. The predicted octanol–water partition coefficient (Wildman–Crippen LogP) is 5.43. The number of aromatic nitrogens is 2. The Labute approximate surface area is 185 Å². The molecule has 1 aromatic heterocycles. The number of nitrogens with one attached hydrogen (secondary N) is 1. The minimum Gasteiger partial charge on any atom is -0.296 e. The topological polar surface area (TPSA) is 78.7 Å². The van der Waals surface area contributed by atoms with Gasteiger partial charge in [0.2, 0.25) is 5.13 Å². The summed E-state index contributed by atoms with van der Waals surface area (Å²) in [6.45, 7) is 0. The lowest BCUT2D eigenvalue weighted by atomic mass is 10.1. The van der Waals surface area contributed by atoms with Crippen LogP contribution in [-0.4, -0.2) is 27.6 Å². The SMILES string of the molecule is N#Cc1ccc(CSc2nnc(NC(=O)c3ccc(C4SCCS4)cc3)s2)cc1. The molecule has 3 aromatic rings. The highest BCUT2D eigenvalue weighted by Crippen LogP contribution is 2.45. The lowest BCUT2D eigenvalue weighted by Crippen LogP contribution is -2.11. The van der Waals surface area contributed by atoms with Crippen LogP contribution in [0.2, 0.25) is 0 Å². The molecule has 29 heavy (non-hydrogen) atoms. The molecule has 1 aliphatic heterocycles. The van der Waals surface area contributed by atoms with Crippen molar-refractivity contribution in [3.8, 4) is 6.07 Å². The minimum absolute atomic E-state index is 0.178. The number of nitriles is 1. The summed E-state index contributed by atoms with van der Waals surface area (Å²) in [5, 5.41) is 20.4. The highest BCUT2D eigenvalue weighted by atomic mass is 32.2. The zero-order valence-corrected chi connectivity index (χ0v) is 18.5. The molecule has 0 atom stereocenters. The van der Waals surface area contributed by atoms with Gasteiger partial charge in [0, 0.05) is 22.8 Å². The van der Waals surface area contributed by atoms with Crippen molar-refractivity contribution in [2.45, 2.75) is 14.7 Å². The zero-order valence-electron chi connectivity index (χ0n) is 15.2. The van der Waals surface area contributed by atoms with E-state index in [4.69, 9.17) is 5.26 Å². The molecule has 0 spiro atoms. The van der Waals surface area contributed by atoms with E-state index in [1.165, 1.54) is 28.4 Å². The lowest BCUT2D eigenvalue weighted by molar-refractivity contribution is 0.102. The summed E-state index contributed by atoms with van der Waals surface area (Å²) in [5.41, 5.74) is 3.62. The highest BCUT2D eigenvalue weighted by molar-refractivity contribution is 8.19. The number of benzene rings is 2. The Morgan fingerprint density at radius 3 is 2.52 bits per heavy atom. The van der Waals surface area contributed by atoms with E-state index in [-0.39, 0.29) is 5.91 Å². The number of carbonyl (C=O) groups excluding carboxylic acids is 1. The molecule has 0 saturated carbocycles. The van der Waals surface area contributed by atoms with E-state index in [0.717, 1.165) is 15.7 Å². The Balaban J connectivity index is 1.32. The van der Waals surface area contributed by atoms with Crippen LogP contribution in [0, 0.1) is 11.3 Å². The van der Waals surface area contributed by atoms with Crippen molar-refractivity contribution in [1.82, 2.24) is 10.2 Å². The van der Waals surface area contributed by atoms with Crippen LogP contribution in [0.4, 0.5) is 5.13 Å². The smallest absolute Gasteiger partial charge is 0.257 e. The quantitative estimate of drug-likeness (QED) is 0.391. The van der Waals surface area contributed by atoms with Gasteiger partial charge >= 0.3 is 0 Å². The highest BCUT2D eigenvalue weighted by Gasteiger charge is 2.18. The standard InChI is InChI=1S/C20H16N4OS4/c21-11-13-1-3-14(4-2-13)12-28-20-24-23-19(29-20)22-17(25)15-5-7-16(8-6-15)18-26-9-10-27-18/h1-8,18H,9-10,12H2,(H,22,23,25). The normalized spacial score (nSPS) is 13.9. The second kappa shape index (κ2) is 9.67. The van der Waals surface area contributed by atoms with Crippen LogP contribution < -0.4 is 5.32 Å². The van der Waals surface area contributed by atoms with Gasteiger partial charge in [-0.2, -0.15) is 5.26 Å². The first-order chi connectivity index (χ1) is 14.2. The van der Waals surface area contributed by atoms with Gasteiger partial charge in [0.25, 0.3) is 5.91 Å². The molecule has 0 aliphatic carbocycles. The van der Waals surface area contributed by atoms with Crippen molar-refractivity contribution in [2.75, 3.05) is 16.8 Å². The van der Waals surface area contributed by atoms with Gasteiger partial charge in [-0.05, 0) is 35.4 Å². The zero-order chi connectivity index (χ0) is 20.1. The summed E-state index contributed by atoms with van der Waals surface area (Å²) in [6, 6.07) is 17.4. The summed E-state index contributed by atoms with van der Waals surface area (Å²) >= 11 is 6.81. The van der Waals surface area contributed by atoms with Gasteiger partial charge in [-0.3, -0.25) is 10.1 Å². The Hall–Kier alpha value is -1.99. The number of hydrogen-bond acceptors (Lipinski definition) is 8. The first-order valence-corrected chi connectivity index (χ1v) is 12.7.